The number of benzene rings is 1. The standard InChI is InChI=1S/C22H28N6O2/c1-17(13-28-16-23-15-24-28)25-22(29)21-12-20(30-26-21)14-27-9-7-19(8-10-27)11-18-5-3-2-4-6-18/h2-6,12,15-17,19H,7-11,13-14H2,1H3,(H,25,29)/t17-/m0/s1. The summed E-state index contributed by atoms with van der Waals surface area (Å²) in [6.45, 7) is 5.23. The Bertz CT molecular complexity index is 916. The van der Waals surface area contributed by atoms with Crippen molar-refractivity contribution in [1.82, 2.24) is 30.1 Å². The molecule has 1 amide bonds. The third kappa shape index (κ3) is 5.54. The van der Waals surface area contributed by atoms with Crippen molar-refractivity contribution in [3.8, 4) is 0 Å². The van der Waals surface area contributed by atoms with Gasteiger partial charge in [-0.3, -0.25) is 14.4 Å². The molecule has 1 fully saturated rings. The van der Waals surface area contributed by atoms with Crippen molar-refractivity contribution in [3.63, 3.8) is 0 Å². The molecule has 3 heterocycles. The highest BCUT2D eigenvalue weighted by Gasteiger charge is 2.22. The molecule has 1 atom stereocenters. The molecule has 0 unspecified atom stereocenters. The van der Waals surface area contributed by atoms with E-state index in [1.54, 1.807) is 17.1 Å². The van der Waals surface area contributed by atoms with E-state index in [4.69, 9.17) is 4.52 Å². The Balaban J connectivity index is 1.22. The number of nitrogens with one attached hydrogen (secondary N) is 1. The quantitative estimate of drug-likeness (QED) is 0.616. The Labute approximate surface area is 176 Å². The Kier molecular flexibility index (Phi) is 6.53. The molecule has 4 rings (SSSR count). The predicted molar refractivity (Wildman–Crippen MR) is 112 cm³/mol. The zero-order chi connectivity index (χ0) is 20.8. The lowest BCUT2D eigenvalue weighted by Gasteiger charge is -2.31. The van der Waals surface area contributed by atoms with Crippen LogP contribution in [0.3, 0.4) is 0 Å². The zero-order valence-corrected chi connectivity index (χ0v) is 17.3. The molecule has 8 heteroatoms. The van der Waals surface area contributed by atoms with Crippen LogP contribution < -0.4 is 5.32 Å². The van der Waals surface area contributed by atoms with Crippen molar-refractivity contribution in [2.75, 3.05) is 13.1 Å². The minimum absolute atomic E-state index is 0.0945. The Morgan fingerprint density at radius 1 is 1.27 bits per heavy atom. The SMILES string of the molecule is C[C@@H](Cn1cncn1)NC(=O)c1cc(CN2CCC(Cc3ccccc3)CC2)on1. The number of hydrogen-bond acceptors (Lipinski definition) is 6. The minimum Gasteiger partial charge on any atom is -0.359 e. The number of hydrogen-bond donors (Lipinski definition) is 1. The molecule has 0 radical (unpaired) electrons. The fraction of sp³-hybridized carbons (Fsp3) is 0.455. The van der Waals surface area contributed by atoms with Gasteiger partial charge in [-0.05, 0) is 50.8 Å². The van der Waals surface area contributed by atoms with E-state index >= 15 is 0 Å². The molecule has 1 N–H and O–H groups in total. The van der Waals surface area contributed by atoms with Gasteiger partial charge in [0.2, 0.25) is 0 Å². The summed E-state index contributed by atoms with van der Waals surface area (Å²) in [4.78, 5) is 18.7. The number of piperidine rings is 1. The lowest BCUT2D eigenvalue weighted by atomic mass is 9.90. The first-order valence-electron chi connectivity index (χ1n) is 10.5. The van der Waals surface area contributed by atoms with Gasteiger partial charge in [-0.1, -0.05) is 35.5 Å². The first-order valence-corrected chi connectivity index (χ1v) is 10.5. The molecular weight excluding hydrogens is 380 g/mol. The smallest absolute Gasteiger partial charge is 0.273 e. The van der Waals surface area contributed by atoms with Gasteiger partial charge in [-0.2, -0.15) is 5.10 Å². The van der Waals surface area contributed by atoms with Crippen molar-refractivity contribution >= 4 is 5.91 Å². The molecule has 0 saturated carbocycles. The van der Waals surface area contributed by atoms with Crippen molar-refractivity contribution in [3.05, 3.63) is 66.1 Å². The first-order chi connectivity index (χ1) is 14.7. The number of rotatable bonds is 8. The van der Waals surface area contributed by atoms with E-state index in [-0.39, 0.29) is 11.9 Å². The maximum Gasteiger partial charge on any atom is 0.273 e. The molecule has 1 aliphatic rings. The second-order valence-corrected chi connectivity index (χ2v) is 8.08. The average molecular weight is 409 g/mol. The number of aromatic nitrogens is 4. The molecule has 0 bridgehead atoms. The zero-order valence-electron chi connectivity index (χ0n) is 17.3. The van der Waals surface area contributed by atoms with Crippen LogP contribution in [0.4, 0.5) is 0 Å². The van der Waals surface area contributed by atoms with Gasteiger partial charge in [-0.15, -0.1) is 0 Å². The van der Waals surface area contributed by atoms with Gasteiger partial charge in [0, 0.05) is 12.1 Å². The summed E-state index contributed by atoms with van der Waals surface area (Å²) in [6, 6.07) is 12.3. The van der Waals surface area contributed by atoms with Gasteiger partial charge in [0.05, 0.1) is 13.1 Å². The molecule has 1 aromatic carbocycles. The Hall–Kier alpha value is -3.00. The molecule has 30 heavy (non-hydrogen) atoms. The van der Waals surface area contributed by atoms with Crippen LogP contribution in [0, 0.1) is 5.92 Å². The van der Waals surface area contributed by atoms with Crippen LogP contribution >= 0.6 is 0 Å². The highest BCUT2D eigenvalue weighted by atomic mass is 16.5. The topological polar surface area (TPSA) is 89.1 Å². The van der Waals surface area contributed by atoms with E-state index in [9.17, 15) is 4.79 Å². The fourth-order valence-electron chi connectivity index (χ4n) is 3.96. The number of carbonyl (C=O) groups is 1. The molecule has 2 aromatic heterocycles. The molecule has 0 spiro atoms. The molecule has 3 aromatic rings. The molecule has 0 aliphatic carbocycles. The van der Waals surface area contributed by atoms with Gasteiger partial charge >= 0.3 is 0 Å². The molecule has 1 saturated heterocycles. The Morgan fingerprint density at radius 3 is 2.80 bits per heavy atom. The number of likely N-dealkylation sites (tertiary alicyclic amines) is 1. The van der Waals surface area contributed by atoms with Crippen LogP contribution in [0.5, 0.6) is 0 Å². The van der Waals surface area contributed by atoms with Crippen LogP contribution in [0.1, 0.15) is 41.6 Å². The van der Waals surface area contributed by atoms with E-state index in [2.05, 4.69) is 55.8 Å². The summed E-state index contributed by atoms with van der Waals surface area (Å²) < 4.78 is 7.10. The summed E-state index contributed by atoms with van der Waals surface area (Å²) in [5.74, 6) is 1.22. The van der Waals surface area contributed by atoms with E-state index < -0.39 is 0 Å². The van der Waals surface area contributed by atoms with Crippen LogP contribution in [0.2, 0.25) is 0 Å². The Morgan fingerprint density at radius 2 is 2.07 bits per heavy atom. The number of carbonyl (C=O) groups excluding carboxylic acids is 1. The van der Waals surface area contributed by atoms with Gasteiger partial charge in [0.1, 0.15) is 12.7 Å². The normalized spacial score (nSPS) is 16.4. The van der Waals surface area contributed by atoms with Gasteiger partial charge in [0.25, 0.3) is 5.91 Å². The van der Waals surface area contributed by atoms with E-state index in [1.807, 2.05) is 6.92 Å². The summed E-state index contributed by atoms with van der Waals surface area (Å²) in [5.41, 5.74) is 1.73. The van der Waals surface area contributed by atoms with Crippen LogP contribution in [-0.2, 0) is 19.5 Å². The van der Waals surface area contributed by atoms with Gasteiger partial charge < -0.3 is 9.84 Å². The maximum atomic E-state index is 12.4. The van der Waals surface area contributed by atoms with Crippen LogP contribution in [0.15, 0.2) is 53.6 Å². The lowest BCUT2D eigenvalue weighted by Crippen LogP contribution is -2.36. The maximum absolute atomic E-state index is 12.4. The van der Waals surface area contributed by atoms with E-state index in [0.29, 0.717) is 18.8 Å². The highest BCUT2D eigenvalue weighted by molar-refractivity contribution is 5.92. The van der Waals surface area contributed by atoms with Crippen molar-refractivity contribution < 1.29 is 9.32 Å². The third-order valence-corrected chi connectivity index (χ3v) is 5.55. The summed E-state index contributed by atoms with van der Waals surface area (Å²) in [5, 5.41) is 10.9. The first kappa shape index (κ1) is 20.3. The number of amides is 1. The molecule has 8 nitrogen and oxygen atoms in total. The van der Waals surface area contributed by atoms with Crippen molar-refractivity contribution in [2.24, 2.45) is 5.92 Å². The monoisotopic (exact) mass is 408 g/mol. The van der Waals surface area contributed by atoms with Crippen LogP contribution in [-0.4, -0.2) is 49.9 Å². The molecule has 158 valence electrons. The van der Waals surface area contributed by atoms with Crippen molar-refractivity contribution in [2.45, 2.75) is 45.3 Å². The van der Waals surface area contributed by atoms with Crippen LogP contribution in [0.25, 0.3) is 0 Å². The summed E-state index contributed by atoms with van der Waals surface area (Å²) in [6.07, 6.45) is 6.60. The highest BCUT2D eigenvalue weighted by Crippen LogP contribution is 2.23. The summed E-state index contributed by atoms with van der Waals surface area (Å²) in [7, 11) is 0. The lowest BCUT2D eigenvalue weighted by molar-refractivity contribution is 0.0926. The van der Waals surface area contributed by atoms with Gasteiger partial charge in [0.15, 0.2) is 11.5 Å². The average Bonchev–Trinajstić information content (AvgIpc) is 3.42. The second-order valence-electron chi connectivity index (χ2n) is 8.08. The third-order valence-electron chi connectivity index (χ3n) is 5.55. The fourth-order valence-corrected chi connectivity index (χ4v) is 3.96. The van der Waals surface area contributed by atoms with E-state index in [1.165, 1.54) is 24.7 Å². The predicted octanol–water partition coefficient (Wildman–Crippen LogP) is 2.54. The molecular formula is C22H28N6O2. The largest absolute Gasteiger partial charge is 0.359 e. The van der Waals surface area contributed by atoms with E-state index in [0.717, 1.165) is 31.2 Å². The second kappa shape index (κ2) is 9.67. The summed E-state index contributed by atoms with van der Waals surface area (Å²) >= 11 is 0. The van der Waals surface area contributed by atoms with Gasteiger partial charge in [-0.25, -0.2) is 4.98 Å². The van der Waals surface area contributed by atoms with Crippen molar-refractivity contribution in [1.29, 1.82) is 0 Å². The minimum atomic E-state index is -0.237. The number of nitrogens with zero attached hydrogens (tertiary/aromatic N) is 5. The molecule has 1 aliphatic heterocycles.